The van der Waals surface area contributed by atoms with Gasteiger partial charge in [0.1, 0.15) is 5.82 Å². The first-order valence-electron chi connectivity index (χ1n) is 5.71. The summed E-state index contributed by atoms with van der Waals surface area (Å²) in [6.45, 7) is 1.83. The third kappa shape index (κ3) is 3.23. The predicted octanol–water partition coefficient (Wildman–Crippen LogP) is 4.98. The van der Waals surface area contributed by atoms with E-state index in [-0.39, 0.29) is 12.2 Å². The maximum atomic E-state index is 13.7. The SMILES string of the molecule is Cc1cccc(C(=O)Cc2ccc(Br)cc2F)c1Cl. The number of ketones is 1. The van der Waals surface area contributed by atoms with Gasteiger partial charge in [0.05, 0.1) is 5.02 Å². The summed E-state index contributed by atoms with van der Waals surface area (Å²) in [5, 5.41) is 0.435. The van der Waals surface area contributed by atoms with Gasteiger partial charge in [-0.15, -0.1) is 0 Å². The third-order valence-corrected chi connectivity index (χ3v) is 3.85. The molecule has 0 N–H and O–H groups in total. The molecule has 98 valence electrons. The van der Waals surface area contributed by atoms with Crippen LogP contribution in [0.5, 0.6) is 0 Å². The van der Waals surface area contributed by atoms with Gasteiger partial charge in [-0.05, 0) is 36.2 Å². The van der Waals surface area contributed by atoms with Crippen LogP contribution in [0.2, 0.25) is 5.02 Å². The topological polar surface area (TPSA) is 17.1 Å². The summed E-state index contributed by atoms with van der Waals surface area (Å²) in [6, 6.07) is 9.92. The van der Waals surface area contributed by atoms with Gasteiger partial charge in [0.25, 0.3) is 0 Å². The summed E-state index contributed by atoms with van der Waals surface area (Å²) in [4.78, 5) is 12.2. The number of hydrogen-bond donors (Lipinski definition) is 0. The van der Waals surface area contributed by atoms with E-state index in [1.807, 2.05) is 13.0 Å². The first-order chi connectivity index (χ1) is 8.99. The summed E-state index contributed by atoms with van der Waals surface area (Å²) < 4.78 is 14.3. The molecule has 2 rings (SSSR count). The van der Waals surface area contributed by atoms with Crippen molar-refractivity contribution in [3.05, 3.63) is 68.4 Å². The maximum Gasteiger partial charge on any atom is 0.168 e. The molecule has 0 heterocycles. The number of benzene rings is 2. The normalized spacial score (nSPS) is 10.5. The molecule has 2 aromatic rings. The van der Waals surface area contributed by atoms with Crippen LogP contribution in [0.3, 0.4) is 0 Å². The van der Waals surface area contributed by atoms with Gasteiger partial charge in [0.2, 0.25) is 0 Å². The second-order valence-electron chi connectivity index (χ2n) is 4.27. The highest BCUT2D eigenvalue weighted by atomic mass is 79.9. The third-order valence-electron chi connectivity index (χ3n) is 2.86. The van der Waals surface area contributed by atoms with E-state index >= 15 is 0 Å². The van der Waals surface area contributed by atoms with Gasteiger partial charge in [-0.3, -0.25) is 4.79 Å². The van der Waals surface area contributed by atoms with E-state index in [0.29, 0.717) is 20.6 Å². The molecule has 0 unspecified atom stereocenters. The van der Waals surface area contributed by atoms with Gasteiger partial charge in [0.15, 0.2) is 5.78 Å². The van der Waals surface area contributed by atoms with Crippen molar-refractivity contribution in [2.75, 3.05) is 0 Å². The number of hydrogen-bond acceptors (Lipinski definition) is 1. The Balaban J connectivity index is 2.28. The van der Waals surface area contributed by atoms with Crippen molar-refractivity contribution in [2.45, 2.75) is 13.3 Å². The minimum absolute atomic E-state index is 0.00227. The van der Waals surface area contributed by atoms with E-state index in [1.165, 1.54) is 6.07 Å². The van der Waals surface area contributed by atoms with Crippen LogP contribution >= 0.6 is 27.5 Å². The monoisotopic (exact) mass is 340 g/mol. The summed E-state index contributed by atoms with van der Waals surface area (Å²) >= 11 is 9.28. The van der Waals surface area contributed by atoms with Crippen molar-refractivity contribution in [1.82, 2.24) is 0 Å². The minimum atomic E-state index is -0.397. The highest BCUT2D eigenvalue weighted by Crippen LogP contribution is 2.23. The van der Waals surface area contributed by atoms with E-state index < -0.39 is 5.82 Å². The van der Waals surface area contributed by atoms with Crippen LogP contribution in [-0.2, 0) is 6.42 Å². The largest absolute Gasteiger partial charge is 0.294 e. The highest BCUT2D eigenvalue weighted by Gasteiger charge is 2.14. The molecule has 0 atom stereocenters. The van der Waals surface area contributed by atoms with Crippen molar-refractivity contribution in [2.24, 2.45) is 0 Å². The summed E-state index contributed by atoms with van der Waals surface area (Å²) in [5.74, 6) is -0.582. The lowest BCUT2D eigenvalue weighted by Crippen LogP contribution is -2.06. The average Bonchev–Trinajstić information content (AvgIpc) is 2.36. The number of halogens is 3. The summed E-state index contributed by atoms with van der Waals surface area (Å²) in [7, 11) is 0. The Labute approximate surface area is 124 Å². The quantitative estimate of drug-likeness (QED) is 0.720. The van der Waals surface area contributed by atoms with E-state index in [2.05, 4.69) is 15.9 Å². The van der Waals surface area contributed by atoms with Crippen molar-refractivity contribution in [3.8, 4) is 0 Å². The zero-order valence-electron chi connectivity index (χ0n) is 10.2. The first kappa shape index (κ1) is 14.2. The van der Waals surface area contributed by atoms with Gasteiger partial charge in [-0.25, -0.2) is 4.39 Å². The fraction of sp³-hybridized carbons (Fsp3) is 0.133. The van der Waals surface area contributed by atoms with Crippen LogP contribution in [0.25, 0.3) is 0 Å². The lowest BCUT2D eigenvalue weighted by atomic mass is 10.0. The predicted molar refractivity (Wildman–Crippen MR) is 78.3 cm³/mol. The zero-order valence-corrected chi connectivity index (χ0v) is 12.6. The van der Waals surface area contributed by atoms with E-state index in [1.54, 1.807) is 24.3 Å². The Morgan fingerprint density at radius 2 is 2.05 bits per heavy atom. The van der Waals surface area contributed by atoms with Gasteiger partial charge in [-0.2, -0.15) is 0 Å². The number of carbonyl (C=O) groups is 1. The highest BCUT2D eigenvalue weighted by molar-refractivity contribution is 9.10. The van der Waals surface area contributed by atoms with Crippen LogP contribution in [0.4, 0.5) is 4.39 Å². The molecule has 2 aromatic carbocycles. The van der Waals surface area contributed by atoms with Gasteiger partial charge < -0.3 is 0 Å². The van der Waals surface area contributed by atoms with Crippen molar-refractivity contribution >= 4 is 33.3 Å². The molecule has 0 aliphatic rings. The average molecular weight is 342 g/mol. The van der Waals surface area contributed by atoms with Gasteiger partial charge >= 0.3 is 0 Å². The maximum absolute atomic E-state index is 13.7. The Hall–Kier alpha value is -1.19. The molecule has 0 spiro atoms. The number of rotatable bonds is 3. The van der Waals surface area contributed by atoms with E-state index in [0.717, 1.165) is 5.56 Å². The zero-order chi connectivity index (χ0) is 14.0. The number of aryl methyl sites for hydroxylation is 1. The molecule has 1 nitrogen and oxygen atoms in total. The molecule has 0 aliphatic carbocycles. The second-order valence-corrected chi connectivity index (χ2v) is 5.57. The van der Waals surface area contributed by atoms with Crippen LogP contribution in [0.15, 0.2) is 40.9 Å². The molecular formula is C15H11BrClFO. The number of carbonyl (C=O) groups excluding carboxylic acids is 1. The van der Waals surface area contributed by atoms with Crippen LogP contribution < -0.4 is 0 Å². The minimum Gasteiger partial charge on any atom is -0.294 e. The Morgan fingerprint density at radius 3 is 2.74 bits per heavy atom. The Bertz CT molecular complexity index is 640. The first-order valence-corrected chi connectivity index (χ1v) is 6.88. The molecular weight excluding hydrogens is 331 g/mol. The van der Waals surface area contributed by atoms with Gasteiger partial charge in [0, 0.05) is 16.5 Å². The summed E-state index contributed by atoms with van der Waals surface area (Å²) in [5.41, 5.74) is 1.64. The van der Waals surface area contributed by atoms with Crippen molar-refractivity contribution < 1.29 is 9.18 Å². The lowest BCUT2D eigenvalue weighted by Gasteiger charge is -2.07. The fourth-order valence-electron chi connectivity index (χ4n) is 1.80. The van der Waals surface area contributed by atoms with Crippen molar-refractivity contribution in [1.29, 1.82) is 0 Å². The fourth-order valence-corrected chi connectivity index (χ4v) is 2.36. The molecule has 0 aromatic heterocycles. The standard InChI is InChI=1S/C15H11BrClFO/c1-9-3-2-4-12(15(9)17)14(19)7-10-5-6-11(16)8-13(10)18/h2-6,8H,7H2,1H3. The molecule has 0 saturated heterocycles. The Kier molecular flexibility index (Phi) is 4.38. The number of Topliss-reactive ketones (excluding diaryl/α,β-unsaturated/α-hetero) is 1. The molecule has 19 heavy (non-hydrogen) atoms. The molecule has 0 aliphatic heterocycles. The molecule has 4 heteroatoms. The van der Waals surface area contributed by atoms with Crippen LogP contribution in [-0.4, -0.2) is 5.78 Å². The second kappa shape index (κ2) is 5.85. The van der Waals surface area contributed by atoms with E-state index in [4.69, 9.17) is 11.6 Å². The molecule has 0 saturated carbocycles. The lowest BCUT2D eigenvalue weighted by molar-refractivity contribution is 0.0992. The molecule has 0 amide bonds. The molecule has 0 bridgehead atoms. The van der Waals surface area contributed by atoms with Crippen molar-refractivity contribution in [3.63, 3.8) is 0 Å². The molecule has 0 radical (unpaired) electrons. The molecule has 0 fully saturated rings. The Morgan fingerprint density at radius 1 is 1.32 bits per heavy atom. The van der Waals surface area contributed by atoms with Gasteiger partial charge in [-0.1, -0.05) is 45.7 Å². The summed E-state index contributed by atoms with van der Waals surface area (Å²) in [6.07, 6.45) is 0.00227. The van der Waals surface area contributed by atoms with Crippen LogP contribution in [0, 0.1) is 12.7 Å². The smallest absolute Gasteiger partial charge is 0.168 e. The van der Waals surface area contributed by atoms with E-state index in [9.17, 15) is 9.18 Å². The van der Waals surface area contributed by atoms with Crippen LogP contribution in [0.1, 0.15) is 21.5 Å².